The van der Waals surface area contributed by atoms with Crippen molar-refractivity contribution in [1.82, 2.24) is 10.2 Å². The molecule has 3 unspecified atom stereocenters. The number of nitrogens with zero attached hydrogens (tertiary/aromatic N) is 2. The maximum absolute atomic E-state index is 4.87. The van der Waals surface area contributed by atoms with Crippen LogP contribution in [0, 0.1) is 24.7 Å². The van der Waals surface area contributed by atoms with Gasteiger partial charge in [0.05, 0.1) is 11.4 Å². The fraction of sp³-hybridized carbons (Fsp3) is 0.474. The first-order chi connectivity index (χ1) is 11.1. The minimum atomic E-state index is 0.862. The molecular weight excluding hydrogens is 284 g/mol. The van der Waals surface area contributed by atoms with Crippen molar-refractivity contribution in [1.29, 1.82) is 0 Å². The predicted octanol–water partition coefficient (Wildman–Crippen LogP) is 3.88. The zero-order valence-corrected chi connectivity index (χ0v) is 14.3. The van der Waals surface area contributed by atoms with Crippen molar-refractivity contribution in [3.63, 3.8) is 0 Å². The van der Waals surface area contributed by atoms with Gasteiger partial charge in [-0.3, -0.25) is 10.1 Å². The lowest BCUT2D eigenvalue weighted by atomic mass is 9.95. The lowest BCUT2D eigenvalue weighted by Gasteiger charge is -2.11. The minimum absolute atomic E-state index is 0.862. The van der Waals surface area contributed by atoms with Crippen LogP contribution in [-0.4, -0.2) is 23.0 Å². The monoisotopic (exact) mass is 308 g/mol. The van der Waals surface area contributed by atoms with E-state index in [1.807, 2.05) is 7.05 Å². The Bertz CT molecular complexity index is 787. The first-order valence-electron chi connectivity index (χ1n) is 8.48. The van der Waals surface area contributed by atoms with Crippen LogP contribution in [-0.2, 0) is 12.8 Å². The summed E-state index contributed by atoms with van der Waals surface area (Å²) in [7, 11) is 1.93. The average Bonchev–Trinajstić information content (AvgIpc) is 2.99. The molecule has 1 heterocycles. The van der Waals surface area contributed by atoms with Crippen molar-refractivity contribution in [2.75, 3.05) is 12.4 Å². The number of aromatic amines is 1. The molecule has 4 nitrogen and oxygen atoms in total. The Balaban J connectivity index is 1.68. The van der Waals surface area contributed by atoms with Gasteiger partial charge in [-0.2, -0.15) is 5.10 Å². The molecular formula is C19H24N4. The molecule has 1 aromatic heterocycles. The van der Waals surface area contributed by atoms with Crippen molar-refractivity contribution in [3.05, 3.63) is 40.7 Å². The largest absolute Gasteiger partial charge is 0.388 e. The fourth-order valence-corrected chi connectivity index (χ4v) is 3.99. The van der Waals surface area contributed by atoms with Gasteiger partial charge >= 0.3 is 0 Å². The van der Waals surface area contributed by atoms with Crippen LogP contribution in [0.2, 0.25) is 0 Å². The van der Waals surface area contributed by atoms with Gasteiger partial charge in [0, 0.05) is 24.0 Å². The molecule has 4 rings (SSSR count). The van der Waals surface area contributed by atoms with Crippen molar-refractivity contribution < 1.29 is 0 Å². The molecule has 3 atom stereocenters. The van der Waals surface area contributed by atoms with E-state index >= 15 is 0 Å². The smallest absolute Gasteiger partial charge is 0.109 e. The molecule has 4 heteroatoms. The Morgan fingerprint density at radius 3 is 2.87 bits per heavy atom. The van der Waals surface area contributed by atoms with Crippen molar-refractivity contribution in [2.24, 2.45) is 22.7 Å². The molecule has 23 heavy (non-hydrogen) atoms. The SMILES string of the molecule is CNc1ccc(C)c(N=C(C)c2n[nH]c3c2CC2C(C)C2C3)c1. The molecule has 2 N–H and O–H groups in total. The molecule has 0 saturated heterocycles. The standard InChI is InChI=1S/C19H24N4/c1-10-5-6-13(20-4)7-17(10)21-12(3)19-16-8-14-11(2)15(14)9-18(16)22-23-19/h5-7,11,14-15,20H,8-9H2,1-4H3,(H,22,23). The normalized spacial score (nSPS) is 25.7. The second kappa shape index (κ2) is 5.22. The van der Waals surface area contributed by atoms with E-state index in [0.29, 0.717) is 0 Å². The summed E-state index contributed by atoms with van der Waals surface area (Å²) < 4.78 is 0. The molecule has 2 aliphatic rings. The van der Waals surface area contributed by atoms with Crippen LogP contribution in [0.1, 0.15) is 36.4 Å². The zero-order valence-electron chi connectivity index (χ0n) is 14.3. The van der Waals surface area contributed by atoms with Gasteiger partial charge < -0.3 is 5.32 Å². The maximum Gasteiger partial charge on any atom is 0.109 e. The summed E-state index contributed by atoms with van der Waals surface area (Å²) in [6, 6.07) is 6.28. The van der Waals surface area contributed by atoms with Gasteiger partial charge in [0.25, 0.3) is 0 Å². The van der Waals surface area contributed by atoms with E-state index in [-0.39, 0.29) is 0 Å². The van der Waals surface area contributed by atoms with E-state index < -0.39 is 0 Å². The number of nitrogens with one attached hydrogen (secondary N) is 2. The number of benzene rings is 1. The number of hydrogen-bond acceptors (Lipinski definition) is 3. The number of aryl methyl sites for hydroxylation is 1. The highest BCUT2D eigenvalue weighted by Gasteiger charge is 2.50. The summed E-state index contributed by atoms with van der Waals surface area (Å²) in [6.07, 6.45) is 2.32. The number of aromatic nitrogens is 2. The van der Waals surface area contributed by atoms with Crippen LogP contribution in [0.5, 0.6) is 0 Å². The lowest BCUT2D eigenvalue weighted by molar-refractivity contribution is 0.639. The molecule has 1 fully saturated rings. The third-order valence-corrected chi connectivity index (χ3v) is 5.72. The molecule has 1 saturated carbocycles. The molecule has 1 aromatic carbocycles. The summed E-state index contributed by atoms with van der Waals surface area (Å²) in [6.45, 7) is 6.55. The zero-order chi connectivity index (χ0) is 16.1. The fourth-order valence-electron chi connectivity index (χ4n) is 3.99. The topological polar surface area (TPSA) is 53.1 Å². The predicted molar refractivity (Wildman–Crippen MR) is 94.7 cm³/mol. The van der Waals surface area contributed by atoms with Crippen LogP contribution >= 0.6 is 0 Å². The minimum Gasteiger partial charge on any atom is -0.388 e. The van der Waals surface area contributed by atoms with Crippen molar-refractivity contribution in [2.45, 2.75) is 33.6 Å². The average molecular weight is 308 g/mol. The van der Waals surface area contributed by atoms with Crippen molar-refractivity contribution >= 4 is 17.1 Å². The molecule has 0 radical (unpaired) electrons. The molecule has 0 bridgehead atoms. The first kappa shape index (κ1) is 14.5. The maximum atomic E-state index is 4.87. The van der Waals surface area contributed by atoms with Gasteiger partial charge in [-0.15, -0.1) is 0 Å². The lowest BCUT2D eigenvalue weighted by Crippen LogP contribution is -2.08. The summed E-state index contributed by atoms with van der Waals surface area (Å²) in [4.78, 5) is 4.87. The third kappa shape index (κ3) is 2.37. The molecule has 0 aliphatic heterocycles. The van der Waals surface area contributed by atoms with Crippen molar-refractivity contribution in [3.8, 4) is 0 Å². The van der Waals surface area contributed by atoms with Gasteiger partial charge in [-0.1, -0.05) is 13.0 Å². The van der Waals surface area contributed by atoms with Gasteiger partial charge in [-0.05, 0) is 62.1 Å². The number of H-pyrrole nitrogens is 1. The van der Waals surface area contributed by atoms with Gasteiger partial charge in [-0.25, -0.2) is 0 Å². The molecule has 0 spiro atoms. The van der Waals surface area contributed by atoms with Crippen LogP contribution in [0.4, 0.5) is 11.4 Å². The first-order valence-corrected chi connectivity index (χ1v) is 8.48. The number of hydrogen-bond donors (Lipinski definition) is 2. The number of fused-ring (bicyclic) bond motifs is 2. The Morgan fingerprint density at radius 1 is 1.30 bits per heavy atom. The Kier molecular flexibility index (Phi) is 3.29. The Hall–Kier alpha value is -2.10. The summed E-state index contributed by atoms with van der Waals surface area (Å²) in [5.74, 6) is 2.61. The van der Waals surface area contributed by atoms with E-state index in [1.54, 1.807) is 0 Å². The van der Waals surface area contributed by atoms with E-state index in [2.05, 4.69) is 54.5 Å². The third-order valence-electron chi connectivity index (χ3n) is 5.72. The van der Waals surface area contributed by atoms with E-state index in [9.17, 15) is 0 Å². The Morgan fingerprint density at radius 2 is 2.09 bits per heavy atom. The van der Waals surface area contributed by atoms with Crippen LogP contribution < -0.4 is 5.32 Å². The Labute approximate surface area is 137 Å². The molecule has 2 aromatic rings. The highest BCUT2D eigenvalue weighted by molar-refractivity contribution is 6.00. The quantitative estimate of drug-likeness (QED) is 0.845. The van der Waals surface area contributed by atoms with E-state index in [4.69, 9.17) is 4.99 Å². The van der Waals surface area contributed by atoms with Gasteiger partial charge in [0.1, 0.15) is 5.69 Å². The molecule has 0 amide bonds. The van der Waals surface area contributed by atoms with Gasteiger partial charge in [0.15, 0.2) is 0 Å². The molecule has 120 valence electrons. The highest BCUT2D eigenvalue weighted by atomic mass is 15.1. The van der Waals surface area contributed by atoms with E-state index in [0.717, 1.165) is 53.4 Å². The second-order valence-corrected chi connectivity index (χ2v) is 7.07. The van der Waals surface area contributed by atoms with Crippen LogP contribution in [0.3, 0.4) is 0 Å². The second-order valence-electron chi connectivity index (χ2n) is 7.07. The number of aliphatic imine (C=N–C) groups is 1. The summed E-state index contributed by atoms with van der Waals surface area (Å²) >= 11 is 0. The van der Waals surface area contributed by atoms with E-state index in [1.165, 1.54) is 16.8 Å². The number of anilines is 1. The van der Waals surface area contributed by atoms with Crippen LogP contribution in [0.25, 0.3) is 0 Å². The van der Waals surface area contributed by atoms with Gasteiger partial charge in [0.2, 0.25) is 0 Å². The molecule has 2 aliphatic carbocycles. The van der Waals surface area contributed by atoms with Crippen LogP contribution in [0.15, 0.2) is 23.2 Å². The summed E-state index contributed by atoms with van der Waals surface area (Å²) in [5.41, 5.74) is 8.08. The summed E-state index contributed by atoms with van der Waals surface area (Å²) in [5, 5.41) is 11.0. The number of rotatable bonds is 3. The highest BCUT2D eigenvalue weighted by Crippen LogP contribution is 2.53.